The van der Waals surface area contributed by atoms with Crippen LogP contribution in [-0.4, -0.2) is 60.8 Å². The van der Waals surface area contributed by atoms with E-state index in [0.717, 1.165) is 0 Å². The van der Waals surface area contributed by atoms with Crippen molar-refractivity contribution in [1.29, 1.82) is 0 Å². The van der Waals surface area contributed by atoms with E-state index < -0.39 is 29.7 Å². The number of rotatable bonds is 4. The molecule has 1 saturated heterocycles. The summed E-state index contributed by atoms with van der Waals surface area (Å²) in [5.74, 6) is -1.76. The van der Waals surface area contributed by atoms with E-state index in [9.17, 15) is 14.7 Å². The van der Waals surface area contributed by atoms with Gasteiger partial charge in [0.05, 0.1) is 6.10 Å². The second-order valence-corrected chi connectivity index (χ2v) is 5.77. The molecule has 116 valence electrons. The Balaban J connectivity index is 2.64. The van der Waals surface area contributed by atoms with Gasteiger partial charge in [-0.2, -0.15) is 0 Å². The second kappa shape index (κ2) is 6.90. The lowest BCUT2D eigenvalue weighted by molar-refractivity contribution is -0.158. The first-order valence-corrected chi connectivity index (χ1v) is 6.56. The van der Waals surface area contributed by atoms with Crippen LogP contribution in [-0.2, 0) is 19.0 Å². The van der Waals surface area contributed by atoms with Gasteiger partial charge in [-0.15, -0.1) is 0 Å². The van der Waals surface area contributed by atoms with Gasteiger partial charge < -0.3 is 24.2 Å². The first kappa shape index (κ1) is 16.7. The topological polar surface area (TPSA) is 85.3 Å². The maximum Gasteiger partial charge on any atom is 0.410 e. The Morgan fingerprint density at radius 2 is 2.00 bits per heavy atom. The number of hydrogen-bond acceptors (Lipinski definition) is 5. The normalized spacial score (nSPS) is 23.5. The summed E-state index contributed by atoms with van der Waals surface area (Å²) in [6.45, 7) is 5.85. The molecule has 0 bridgehead atoms. The van der Waals surface area contributed by atoms with E-state index in [1.165, 1.54) is 12.0 Å². The van der Waals surface area contributed by atoms with Crippen LogP contribution in [0.3, 0.4) is 0 Å². The van der Waals surface area contributed by atoms with E-state index in [1.807, 2.05) is 0 Å². The maximum atomic E-state index is 11.9. The Labute approximate surface area is 118 Å². The largest absolute Gasteiger partial charge is 0.481 e. The number of likely N-dealkylation sites (tertiary alicyclic amines) is 1. The molecule has 0 aromatic heterocycles. The zero-order valence-electron chi connectivity index (χ0n) is 12.4. The number of amides is 1. The van der Waals surface area contributed by atoms with Crippen molar-refractivity contribution in [3.63, 3.8) is 0 Å². The summed E-state index contributed by atoms with van der Waals surface area (Å²) in [6, 6.07) is 0. The molecule has 0 aromatic rings. The van der Waals surface area contributed by atoms with Gasteiger partial charge in [0.1, 0.15) is 18.3 Å². The summed E-state index contributed by atoms with van der Waals surface area (Å²) in [5.41, 5.74) is -0.598. The van der Waals surface area contributed by atoms with Crippen LogP contribution in [0.5, 0.6) is 0 Å². The first-order valence-electron chi connectivity index (χ1n) is 6.56. The highest BCUT2D eigenvalue weighted by molar-refractivity contribution is 5.74. The van der Waals surface area contributed by atoms with Gasteiger partial charge in [-0.25, -0.2) is 4.79 Å². The minimum absolute atomic E-state index is 0.0425. The molecule has 1 heterocycles. The van der Waals surface area contributed by atoms with Crippen LogP contribution in [0.15, 0.2) is 0 Å². The van der Waals surface area contributed by atoms with Gasteiger partial charge in [0.25, 0.3) is 0 Å². The monoisotopic (exact) mass is 289 g/mol. The summed E-state index contributed by atoms with van der Waals surface area (Å²) in [5, 5.41) is 9.24. The smallest absolute Gasteiger partial charge is 0.410 e. The van der Waals surface area contributed by atoms with Crippen LogP contribution < -0.4 is 0 Å². The van der Waals surface area contributed by atoms with Crippen LogP contribution in [0, 0.1) is 5.92 Å². The van der Waals surface area contributed by atoms with Crippen molar-refractivity contribution in [3.05, 3.63) is 0 Å². The van der Waals surface area contributed by atoms with Crippen molar-refractivity contribution in [2.45, 2.75) is 38.9 Å². The number of aliphatic carboxylic acids is 1. The Hall–Kier alpha value is -1.34. The summed E-state index contributed by atoms with van der Waals surface area (Å²) >= 11 is 0. The molecule has 1 N–H and O–H groups in total. The lowest BCUT2D eigenvalue weighted by Gasteiger charge is -2.36. The maximum absolute atomic E-state index is 11.9. The Bertz CT molecular complexity index is 351. The number of hydrogen-bond donors (Lipinski definition) is 1. The molecule has 7 heteroatoms. The van der Waals surface area contributed by atoms with Crippen LogP contribution in [0.2, 0.25) is 0 Å². The first-order chi connectivity index (χ1) is 9.24. The van der Waals surface area contributed by atoms with E-state index in [2.05, 4.69) is 0 Å². The van der Waals surface area contributed by atoms with Gasteiger partial charge in [-0.3, -0.25) is 4.79 Å². The van der Waals surface area contributed by atoms with E-state index >= 15 is 0 Å². The SMILES string of the molecule is COCO[C@H]1CCN(C(=O)OC(C)(C)C)C[C@H]1C(=O)O. The molecule has 0 aromatic carbocycles. The van der Waals surface area contributed by atoms with E-state index in [0.29, 0.717) is 13.0 Å². The molecule has 0 unspecified atom stereocenters. The Kier molecular flexibility index (Phi) is 5.76. The van der Waals surface area contributed by atoms with Gasteiger partial charge in [0.2, 0.25) is 0 Å². The number of carboxylic acids is 1. The quantitative estimate of drug-likeness (QED) is 0.786. The molecule has 1 rings (SSSR count). The molecule has 0 aliphatic carbocycles. The third-order valence-electron chi connectivity index (χ3n) is 2.92. The van der Waals surface area contributed by atoms with Crippen molar-refractivity contribution in [1.82, 2.24) is 4.90 Å². The molecule has 0 spiro atoms. The predicted molar refractivity (Wildman–Crippen MR) is 70.3 cm³/mol. The summed E-state index contributed by atoms with van der Waals surface area (Å²) in [7, 11) is 1.48. The van der Waals surface area contributed by atoms with Crippen LogP contribution >= 0.6 is 0 Å². The fourth-order valence-corrected chi connectivity index (χ4v) is 2.01. The third-order valence-corrected chi connectivity index (χ3v) is 2.92. The summed E-state index contributed by atoms with van der Waals surface area (Å²) in [6.07, 6.45) is -0.500. The minimum Gasteiger partial charge on any atom is -0.481 e. The fourth-order valence-electron chi connectivity index (χ4n) is 2.01. The van der Waals surface area contributed by atoms with Crippen LogP contribution in [0.1, 0.15) is 27.2 Å². The van der Waals surface area contributed by atoms with Crippen LogP contribution in [0.25, 0.3) is 0 Å². The number of nitrogens with zero attached hydrogens (tertiary/aromatic N) is 1. The Morgan fingerprint density at radius 1 is 1.35 bits per heavy atom. The second-order valence-electron chi connectivity index (χ2n) is 5.77. The number of methoxy groups -OCH3 is 1. The highest BCUT2D eigenvalue weighted by atomic mass is 16.7. The predicted octanol–water partition coefficient (Wildman–Crippen LogP) is 1.32. The van der Waals surface area contributed by atoms with Crippen molar-refractivity contribution >= 4 is 12.1 Å². The van der Waals surface area contributed by atoms with Crippen molar-refractivity contribution in [2.75, 3.05) is 27.0 Å². The number of carbonyl (C=O) groups excluding carboxylic acids is 1. The van der Waals surface area contributed by atoms with Crippen molar-refractivity contribution < 1.29 is 28.9 Å². The highest BCUT2D eigenvalue weighted by Crippen LogP contribution is 2.22. The van der Waals surface area contributed by atoms with Gasteiger partial charge in [0.15, 0.2) is 0 Å². The van der Waals surface area contributed by atoms with E-state index in [1.54, 1.807) is 20.8 Å². The van der Waals surface area contributed by atoms with Crippen molar-refractivity contribution in [3.8, 4) is 0 Å². The molecule has 1 aliphatic rings. The van der Waals surface area contributed by atoms with E-state index in [-0.39, 0.29) is 13.3 Å². The molecule has 2 atom stereocenters. The molecule has 0 saturated carbocycles. The van der Waals surface area contributed by atoms with Gasteiger partial charge >= 0.3 is 12.1 Å². The number of piperidine rings is 1. The zero-order valence-corrected chi connectivity index (χ0v) is 12.4. The molecular formula is C13H23NO6. The van der Waals surface area contributed by atoms with Crippen LogP contribution in [0.4, 0.5) is 4.79 Å². The molecule has 7 nitrogen and oxygen atoms in total. The van der Waals surface area contributed by atoms with Gasteiger partial charge in [-0.05, 0) is 27.2 Å². The molecule has 1 aliphatic heterocycles. The average molecular weight is 289 g/mol. The fraction of sp³-hybridized carbons (Fsp3) is 0.846. The number of ether oxygens (including phenoxy) is 3. The highest BCUT2D eigenvalue weighted by Gasteiger charge is 2.38. The molecule has 1 amide bonds. The minimum atomic E-state index is -0.987. The van der Waals surface area contributed by atoms with Gasteiger partial charge in [-0.1, -0.05) is 0 Å². The van der Waals surface area contributed by atoms with Gasteiger partial charge in [0, 0.05) is 20.2 Å². The summed E-state index contributed by atoms with van der Waals surface area (Å²) in [4.78, 5) is 24.6. The third kappa shape index (κ3) is 4.97. The lowest BCUT2D eigenvalue weighted by atomic mass is 9.95. The standard InChI is InChI=1S/C13H23NO6/c1-13(2,3)20-12(17)14-6-5-10(19-8-18-4)9(7-14)11(15)16/h9-10H,5-8H2,1-4H3,(H,15,16)/t9-,10+/m1/s1. The average Bonchev–Trinajstić information content (AvgIpc) is 2.33. The molecule has 0 radical (unpaired) electrons. The lowest BCUT2D eigenvalue weighted by Crippen LogP contribution is -2.50. The number of carboxylic acid groups (broad SMARTS) is 1. The summed E-state index contributed by atoms with van der Waals surface area (Å²) < 4.78 is 15.4. The zero-order chi connectivity index (χ0) is 15.3. The van der Waals surface area contributed by atoms with Crippen molar-refractivity contribution in [2.24, 2.45) is 5.92 Å². The number of carbonyl (C=O) groups is 2. The van der Waals surface area contributed by atoms with E-state index in [4.69, 9.17) is 14.2 Å². The molecular weight excluding hydrogens is 266 g/mol. The molecule has 1 fully saturated rings. The Morgan fingerprint density at radius 3 is 2.50 bits per heavy atom. The molecule has 20 heavy (non-hydrogen) atoms.